The van der Waals surface area contributed by atoms with Crippen LogP contribution in [0.25, 0.3) is 0 Å². The molecule has 0 rings (SSSR count). The molecule has 0 aliphatic heterocycles. The van der Waals surface area contributed by atoms with Crippen LogP contribution in [0.5, 0.6) is 0 Å². The van der Waals surface area contributed by atoms with E-state index >= 15 is 0 Å². The van der Waals surface area contributed by atoms with Gasteiger partial charge in [0, 0.05) is 11.9 Å². The lowest BCUT2D eigenvalue weighted by Crippen LogP contribution is -2.21. The van der Waals surface area contributed by atoms with E-state index in [9.17, 15) is 19.8 Å². The molecule has 0 aromatic heterocycles. The lowest BCUT2D eigenvalue weighted by molar-refractivity contribution is -0.307. The normalized spacial score (nSPS) is 11.0. The average molecular weight is 595 g/mol. The first-order chi connectivity index (χ1) is 19.5. The van der Waals surface area contributed by atoms with Crippen molar-refractivity contribution in [3.05, 3.63) is 24.3 Å². The van der Waals surface area contributed by atoms with E-state index in [2.05, 4.69) is 38.2 Å². The first kappa shape index (κ1) is 44.2. The highest BCUT2D eigenvalue weighted by Gasteiger charge is 2.00. The lowest BCUT2D eigenvalue weighted by Gasteiger charge is -2.01. The van der Waals surface area contributed by atoms with Gasteiger partial charge in [-0.15, -0.1) is 0 Å². The molecule has 4 nitrogen and oxygen atoms in total. The van der Waals surface area contributed by atoms with Crippen molar-refractivity contribution in [2.24, 2.45) is 0 Å². The summed E-state index contributed by atoms with van der Waals surface area (Å²) in [5.74, 6) is -1.83. The largest absolute Gasteiger partial charge is 2.00 e. The van der Waals surface area contributed by atoms with Crippen LogP contribution in [0.15, 0.2) is 24.3 Å². The van der Waals surface area contributed by atoms with E-state index in [-0.39, 0.29) is 26.3 Å². The van der Waals surface area contributed by atoms with Crippen molar-refractivity contribution >= 4 is 25.4 Å². The van der Waals surface area contributed by atoms with E-state index in [4.69, 9.17) is 0 Å². The zero-order valence-electron chi connectivity index (χ0n) is 27.1. The Hall–Kier alpha value is -1.23. The topological polar surface area (TPSA) is 80.3 Å². The number of carbonyl (C=O) groups excluding carboxylic acids is 2. The van der Waals surface area contributed by atoms with Crippen LogP contribution in [0.3, 0.4) is 0 Å². The number of rotatable bonds is 30. The summed E-state index contributed by atoms with van der Waals surface area (Å²) in [6, 6.07) is 0. The number of carbonyl (C=O) groups is 2. The van der Waals surface area contributed by atoms with Gasteiger partial charge in [0.05, 0.1) is 0 Å². The highest BCUT2D eigenvalue weighted by Crippen LogP contribution is 2.11. The van der Waals surface area contributed by atoms with Crippen LogP contribution in [0, 0.1) is 0 Å². The quantitative estimate of drug-likeness (QED) is 0.0612. The predicted octanol–water partition coefficient (Wildman–Crippen LogP) is 9.55. The summed E-state index contributed by atoms with van der Waals surface area (Å²) >= 11 is 0. The third-order valence-corrected chi connectivity index (χ3v) is 7.29. The molecule has 0 aromatic carbocycles. The summed E-state index contributed by atoms with van der Waals surface area (Å²) < 4.78 is 0. The zero-order chi connectivity index (χ0) is 29.8. The molecule has 0 aliphatic carbocycles. The van der Waals surface area contributed by atoms with Crippen molar-refractivity contribution < 1.29 is 19.8 Å². The van der Waals surface area contributed by atoms with Crippen LogP contribution in [0.4, 0.5) is 0 Å². The summed E-state index contributed by atoms with van der Waals surface area (Å²) in [6.07, 6.45) is 41.8. The molecule has 0 fully saturated rings. The Kier molecular flexibility index (Phi) is 44.1. The van der Waals surface area contributed by atoms with Gasteiger partial charge in [0.1, 0.15) is 0 Å². The van der Waals surface area contributed by atoms with E-state index in [0.717, 1.165) is 38.5 Å². The predicted molar refractivity (Wildman–Crippen MR) is 176 cm³/mol. The van der Waals surface area contributed by atoms with Gasteiger partial charge < -0.3 is 19.8 Å². The van der Waals surface area contributed by atoms with Crippen molar-refractivity contribution in [2.75, 3.05) is 0 Å². The number of carboxylic acid groups (broad SMARTS) is 2. The monoisotopic (exact) mass is 594 g/mol. The highest BCUT2D eigenvalue weighted by atomic mass is 32.1. The summed E-state index contributed by atoms with van der Waals surface area (Å²) in [5.41, 5.74) is 0. The van der Waals surface area contributed by atoms with Gasteiger partial charge in [-0.2, -0.15) is 0 Å². The number of aliphatic carboxylic acids is 2. The third kappa shape index (κ3) is 48.8. The Bertz CT molecular complexity index is 524. The summed E-state index contributed by atoms with van der Waals surface area (Å²) in [6.45, 7) is 4.51. The Morgan fingerprint density at radius 2 is 0.610 bits per heavy atom. The summed E-state index contributed by atoms with van der Waals surface area (Å²) in [5, 5.41) is 20.4. The third-order valence-electron chi connectivity index (χ3n) is 7.29. The Morgan fingerprint density at radius 1 is 0.390 bits per heavy atom. The van der Waals surface area contributed by atoms with E-state index in [1.807, 2.05) is 0 Å². The molecule has 0 spiro atoms. The maximum Gasteiger partial charge on any atom is 2.00 e. The molecule has 4 radical (unpaired) electrons. The molecule has 0 amide bonds. The van der Waals surface area contributed by atoms with Gasteiger partial charge in [0.15, 0.2) is 0 Å². The molecule has 0 atom stereocenters. The molecule has 240 valence electrons. The number of hydrogen-bond acceptors (Lipinski definition) is 4. The molecule has 5 heteroatoms. The maximum absolute atomic E-state index is 10.2. The van der Waals surface area contributed by atoms with Crippen molar-refractivity contribution in [2.45, 2.75) is 194 Å². The molecular weight excluding hydrogens is 528 g/mol. The highest BCUT2D eigenvalue weighted by molar-refractivity contribution is 7.37. The van der Waals surface area contributed by atoms with E-state index < -0.39 is 11.9 Å². The van der Waals surface area contributed by atoms with Crippen molar-refractivity contribution in [1.29, 1.82) is 0 Å². The molecule has 0 heterocycles. The van der Waals surface area contributed by atoms with Crippen LogP contribution < -0.4 is 10.2 Å². The van der Waals surface area contributed by atoms with Gasteiger partial charge in [-0.25, -0.2) is 0 Å². The standard InChI is InChI=1S/2C18H34O2.S/c2*1-2-3-4-5-6-7-8-9-10-11-12-13-14-15-16-17-18(19)20;/h2*9-10H,2-8,11-17H2,1H3,(H,19,20);/q;;+2/p-2/b2*10-9-;. The second kappa shape index (κ2) is 40.9. The summed E-state index contributed by atoms with van der Waals surface area (Å²) in [7, 11) is 0. The summed E-state index contributed by atoms with van der Waals surface area (Å²) in [4.78, 5) is 20.4. The minimum Gasteiger partial charge on any atom is -0.550 e. The number of allylic oxidation sites excluding steroid dienone is 4. The molecular formula is C36H66O4S. The van der Waals surface area contributed by atoms with Gasteiger partial charge >= 0.3 is 13.5 Å². The Balaban J connectivity index is -0.000000688. The molecule has 0 saturated heterocycles. The van der Waals surface area contributed by atoms with Gasteiger partial charge in [-0.05, 0) is 77.0 Å². The molecule has 0 aliphatic rings. The second-order valence-electron chi connectivity index (χ2n) is 11.4. The number of unbranched alkanes of at least 4 members (excludes halogenated alkanes) is 22. The van der Waals surface area contributed by atoms with Crippen LogP contribution in [0.1, 0.15) is 194 Å². The number of hydrogen-bond donors (Lipinski definition) is 0. The fourth-order valence-corrected chi connectivity index (χ4v) is 4.68. The van der Waals surface area contributed by atoms with E-state index in [0.29, 0.717) is 0 Å². The zero-order valence-corrected chi connectivity index (χ0v) is 28.0. The first-order valence-corrected chi connectivity index (χ1v) is 17.2. The minimum atomic E-state index is -0.914. The van der Waals surface area contributed by atoms with Crippen LogP contribution >= 0.6 is 0 Å². The van der Waals surface area contributed by atoms with E-state index in [1.165, 1.54) is 128 Å². The van der Waals surface area contributed by atoms with E-state index in [1.54, 1.807) is 0 Å². The van der Waals surface area contributed by atoms with Crippen LogP contribution in [-0.2, 0) is 23.1 Å². The maximum atomic E-state index is 10.2. The fourth-order valence-electron chi connectivity index (χ4n) is 4.68. The Labute approximate surface area is 262 Å². The van der Waals surface area contributed by atoms with Crippen molar-refractivity contribution in [1.82, 2.24) is 0 Å². The van der Waals surface area contributed by atoms with Gasteiger partial charge in [0.25, 0.3) is 0 Å². The Morgan fingerprint density at radius 3 is 0.854 bits per heavy atom. The van der Waals surface area contributed by atoms with Crippen LogP contribution in [-0.4, -0.2) is 11.9 Å². The molecule has 0 saturated carbocycles. The van der Waals surface area contributed by atoms with Crippen molar-refractivity contribution in [3.63, 3.8) is 0 Å². The van der Waals surface area contributed by atoms with Crippen molar-refractivity contribution in [3.8, 4) is 0 Å². The fraction of sp³-hybridized carbons (Fsp3) is 0.833. The van der Waals surface area contributed by atoms with Crippen LogP contribution in [0.2, 0.25) is 0 Å². The molecule has 0 aromatic rings. The molecule has 41 heavy (non-hydrogen) atoms. The minimum absolute atomic E-state index is 0. The molecule has 0 bridgehead atoms. The van der Waals surface area contributed by atoms with Gasteiger partial charge in [-0.3, -0.25) is 0 Å². The second-order valence-corrected chi connectivity index (χ2v) is 11.4. The molecule has 0 unspecified atom stereocenters. The SMILES string of the molecule is CCCCCCCC/C=C\CCCCCCCC(=O)[O-].CCCCCCCC/C=C\CCCCCCCC(=O)[O-].[S+2]. The van der Waals surface area contributed by atoms with Gasteiger partial charge in [0.2, 0.25) is 0 Å². The average Bonchev–Trinajstić information content (AvgIpc) is 2.93. The van der Waals surface area contributed by atoms with Gasteiger partial charge in [-0.1, -0.05) is 141 Å². The lowest BCUT2D eigenvalue weighted by atomic mass is 10.1. The molecule has 0 N–H and O–H groups in total. The number of carboxylic acids is 2. The smallest absolute Gasteiger partial charge is 0.550 e. The first-order valence-electron chi connectivity index (χ1n) is 17.2.